The number of β-amino-alcohol motifs (C(OH)–C–C–N with tert-alkyl or cyclic N) is 1. The van der Waals surface area contributed by atoms with Crippen molar-refractivity contribution in [3.8, 4) is 0 Å². The summed E-state index contributed by atoms with van der Waals surface area (Å²) in [6, 6.07) is -0.111. The van der Waals surface area contributed by atoms with Crippen LogP contribution in [-0.4, -0.2) is 36.3 Å². The van der Waals surface area contributed by atoms with E-state index in [9.17, 15) is 5.11 Å². The number of rotatable bonds is 2. The summed E-state index contributed by atoms with van der Waals surface area (Å²) >= 11 is 0. The summed E-state index contributed by atoms with van der Waals surface area (Å²) in [5, 5.41) is 19.9. The van der Waals surface area contributed by atoms with E-state index in [1.807, 2.05) is 13.8 Å². The lowest BCUT2D eigenvalue weighted by Crippen LogP contribution is -2.36. The Kier molecular flexibility index (Phi) is 3.05. The van der Waals surface area contributed by atoms with E-state index in [1.54, 1.807) is 0 Å². The lowest BCUT2D eigenvalue weighted by Gasteiger charge is -2.17. The van der Waals surface area contributed by atoms with Crippen LogP contribution in [0, 0.1) is 11.3 Å². The number of aliphatic hydroxyl groups is 1. The second-order valence-corrected chi connectivity index (χ2v) is 3.11. The molecule has 1 aliphatic heterocycles. The second kappa shape index (κ2) is 3.87. The normalized spacial score (nSPS) is 35.1. The summed E-state index contributed by atoms with van der Waals surface area (Å²) in [6.07, 6.45) is -0.351. The molecule has 0 spiro atoms. The quantitative estimate of drug-likeness (QED) is 0.405. The fourth-order valence-corrected chi connectivity index (χ4v) is 1.42. The van der Waals surface area contributed by atoms with Crippen LogP contribution in [0.3, 0.4) is 0 Å². The van der Waals surface area contributed by atoms with Crippen LogP contribution in [0.25, 0.3) is 0 Å². The number of ether oxygens (including phenoxy) is 1. The molecule has 0 aromatic rings. The fourth-order valence-electron chi connectivity index (χ4n) is 1.42. The van der Waals surface area contributed by atoms with Crippen LogP contribution in [-0.2, 0) is 4.74 Å². The monoisotopic (exact) mass is 172 g/mol. The first-order valence-corrected chi connectivity index (χ1v) is 4.29. The Morgan fingerprint density at radius 1 is 1.75 bits per heavy atom. The van der Waals surface area contributed by atoms with Crippen LogP contribution in [0.4, 0.5) is 0 Å². The number of aliphatic hydroxyl groups excluding tert-OH is 1. The molecular formula is C8H16N2O2. The molecule has 3 unspecified atom stereocenters. The summed E-state index contributed by atoms with van der Waals surface area (Å²) in [6.45, 7) is 4.84. The van der Waals surface area contributed by atoms with Crippen molar-refractivity contribution >= 4 is 5.90 Å². The Morgan fingerprint density at radius 2 is 2.42 bits per heavy atom. The van der Waals surface area contributed by atoms with Gasteiger partial charge >= 0.3 is 0 Å². The first-order valence-electron chi connectivity index (χ1n) is 4.29. The molecule has 0 aromatic carbocycles. The largest absolute Gasteiger partial charge is 0.480 e. The summed E-state index contributed by atoms with van der Waals surface area (Å²) in [5.74, 6) is 0.311. The number of nitrogens with one attached hydrogen (secondary N) is 2. The molecule has 4 nitrogen and oxygen atoms in total. The van der Waals surface area contributed by atoms with E-state index in [4.69, 9.17) is 10.1 Å². The van der Waals surface area contributed by atoms with Gasteiger partial charge in [0.15, 0.2) is 5.90 Å². The molecule has 0 aliphatic carbocycles. The third-order valence-electron chi connectivity index (χ3n) is 2.26. The molecule has 1 heterocycles. The molecule has 0 aromatic heterocycles. The van der Waals surface area contributed by atoms with Crippen molar-refractivity contribution in [1.82, 2.24) is 5.32 Å². The van der Waals surface area contributed by atoms with E-state index in [-0.39, 0.29) is 24.0 Å². The highest BCUT2D eigenvalue weighted by atomic mass is 16.5. The molecule has 0 bridgehead atoms. The first-order chi connectivity index (χ1) is 5.66. The standard InChI is InChI=1S/C8H16N2O2/c1-3-12-8(9)7-5(2)6(11)4-10-7/h5-7,9-11H,3-4H2,1-2H3. The van der Waals surface area contributed by atoms with Gasteiger partial charge in [0.1, 0.15) is 0 Å². The predicted molar refractivity (Wildman–Crippen MR) is 46.3 cm³/mol. The van der Waals surface area contributed by atoms with Gasteiger partial charge in [0.25, 0.3) is 0 Å². The Morgan fingerprint density at radius 3 is 2.83 bits per heavy atom. The van der Waals surface area contributed by atoms with Crippen LogP contribution in [0.1, 0.15) is 13.8 Å². The summed E-state index contributed by atoms with van der Waals surface area (Å²) in [4.78, 5) is 0. The molecule has 1 saturated heterocycles. The number of hydrogen-bond acceptors (Lipinski definition) is 4. The summed E-state index contributed by atoms with van der Waals surface area (Å²) < 4.78 is 5.05. The van der Waals surface area contributed by atoms with Gasteiger partial charge in [-0.15, -0.1) is 0 Å². The summed E-state index contributed by atoms with van der Waals surface area (Å²) in [5.41, 5.74) is 0. The van der Waals surface area contributed by atoms with Crippen LogP contribution in [0.15, 0.2) is 0 Å². The number of hydrogen-bond donors (Lipinski definition) is 3. The van der Waals surface area contributed by atoms with Gasteiger partial charge in [-0.1, -0.05) is 6.92 Å². The molecule has 1 aliphatic rings. The zero-order valence-electron chi connectivity index (χ0n) is 7.50. The Labute approximate surface area is 72.4 Å². The van der Waals surface area contributed by atoms with E-state index >= 15 is 0 Å². The topological polar surface area (TPSA) is 65.3 Å². The molecule has 0 amide bonds. The third kappa shape index (κ3) is 1.76. The van der Waals surface area contributed by atoms with Crippen molar-refractivity contribution in [1.29, 1.82) is 5.41 Å². The predicted octanol–water partition coefficient (Wildman–Crippen LogP) is -0.0310. The molecule has 0 radical (unpaired) electrons. The third-order valence-corrected chi connectivity index (χ3v) is 2.26. The minimum absolute atomic E-state index is 0.0732. The molecule has 3 atom stereocenters. The van der Waals surface area contributed by atoms with Gasteiger partial charge in [0.05, 0.1) is 18.8 Å². The van der Waals surface area contributed by atoms with E-state index in [0.29, 0.717) is 13.2 Å². The van der Waals surface area contributed by atoms with E-state index in [0.717, 1.165) is 0 Å². The summed E-state index contributed by atoms with van der Waals surface area (Å²) in [7, 11) is 0. The molecule has 4 heteroatoms. The van der Waals surface area contributed by atoms with Crippen molar-refractivity contribution < 1.29 is 9.84 Å². The average molecular weight is 172 g/mol. The van der Waals surface area contributed by atoms with E-state index < -0.39 is 0 Å². The van der Waals surface area contributed by atoms with Crippen LogP contribution >= 0.6 is 0 Å². The fraction of sp³-hybridized carbons (Fsp3) is 0.875. The zero-order chi connectivity index (χ0) is 9.14. The van der Waals surface area contributed by atoms with Crippen molar-refractivity contribution in [2.24, 2.45) is 5.92 Å². The van der Waals surface area contributed by atoms with Crippen molar-refractivity contribution in [2.75, 3.05) is 13.2 Å². The minimum atomic E-state index is -0.351. The van der Waals surface area contributed by atoms with E-state index in [1.165, 1.54) is 0 Å². The minimum Gasteiger partial charge on any atom is -0.480 e. The zero-order valence-corrected chi connectivity index (χ0v) is 7.50. The lowest BCUT2D eigenvalue weighted by molar-refractivity contribution is 0.149. The van der Waals surface area contributed by atoms with Gasteiger partial charge in [-0.05, 0) is 6.92 Å². The molecule has 3 N–H and O–H groups in total. The second-order valence-electron chi connectivity index (χ2n) is 3.11. The Hall–Kier alpha value is -0.610. The van der Waals surface area contributed by atoms with Gasteiger partial charge in [0, 0.05) is 12.5 Å². The van der Waals surface area contributed by atoms with Gasteiger partial charge in [-0.2, -0.15) is 0 Å². The molecule has 0 saturated carbocycles. The smallest absolute Gasteiger partial charge is 0.198 e. The van der Waals surface area contributed by atoms with Gasteiger partial charge < -0.3 is 15.2 Å². The maximum absolute atomic E-state index is 9.37. The van der Waals surface area contributed by atoms with Crippen molar-refractivity contribution in [3.63, 3.8) is 0 Å². The highest BCUT2D eigenvalue weighted by Crippen LogP contribution is 2.16. The highest BCUT2D eigenvalue weighted by Gasteiger charge is 2.34. The van der Waals surface area contributed by atoms with Crippen LogP contribution in [0.5, 0.6) is 0 Å². The highest BCUT2D eigenvalue weighted by molar-refractivity contribution is 5.79. The SMILES string of the molecule is CCOC(=N)C1NCC(O)C1C. The van der Waals surface area contributed by atoms with Gasteiger partial charge in [-0.3, -0.25) is 5.41 Å². The van der Waals surface area contributed by atoms with Crippen LogP contribution in [0.2, 0.25) is 0 Å². The Bertz CT molecular complexity index is 172. The van der Waals surface area contributed by atoms with E-state index in [2.05, 4.69) is 5.32 Å². The molecule has 12 heavy (non-hydrogen) atoms. The van der Waals surface area contributed by atoms with Crippen LogP contribution < -0.4 is 5.32 Å². The molecule has 70 valence electrons. The Balaban J connectivity index is 2.47. The maximum Gasteiger partial charge on any atom is 0.198 e. The van der Waals surface area contributed by atoms with Gasteiger partial charge in [0.2, 0.25) is 0 Å². The van der Waals surface area contributed by atoms with Crippen molar-refractivity contribution in [3.05, 3.63) is 0 Å². The molecular weight excluding hydrogens is 156 g/mol. The first kappa shape index (κ1) is 9.48. The average Bonchev–Trinajstić information content (AvgIpc) is 2.34. The van der Waals surface area contributed by atoms with Gasteiger partial charge in [-0.25, -0.2) is 0 Å². The lowest BCUT2D eigenvalue weighted by atomic mass is 10.0. The molecule has 1 fully saturated rings. The maximum atomic E-state index is 9.37. The van der Waals surface area contributed by atoms with Crippen molar-refractivity contribution in [2.45, 2.75) is 26.0 Å². The molecule has 1 rings (SSSR count).